The minimum atomic E-state index is -2.53. The molecule has 3 aromatic carbocycles. The first-order valence-electron chi connectivity index (χ1n) is 29.6. The first-order valence-corrected chi connectivity index (χ1v) is 31.1. The van der Waals surface area contributed by atoms with E-state index in [1.165, 1.54) is 30.4 Å². The minimum Gasteiger partial charge on any atom is -0.504 e. The molecule has 500 valence electrons. The van der Waals surface area contributed by atoms with E-state index < -0.39 is 183 Å². The van der Waals surface area contributed by atoms with E-state index in [-0.39, 0.29) is 29.6 Å². The molecule has 4 aromatic rings. The molecule has 5 heterocycles. The first kappa shape index (κ1) is 70.2. The lowest BCUT2D eigenvalue weighted by Crippen LogP contribution is -2.64. The average Bonchev–Trinajstić information content (AvgIpc) is 1.60. The van der Waals surface area contributed by atoms with Crippen LogP contribution in [0.15, 0.2) is 66.7 Å². The number of aliphatic hydroxyl groups is 7. The SMILES string of the molecule is CCCOC1CCN(c2ccc(-c3nnc(-c4ccc(C(=O)NC5CC(O)CNC(=O)C6C(O)C(C)CN6C(=O)C(C(O)CC(N)=O)NC(=O)C(C(O)C(O)c6ccc(O)c(OSOOO)c6)NC(=O)C6CC(O)CN6C(=O)C(C(C)O)NC5=O)cc4)s3)cc2)CC1. The Morgan fingerprint density at radius 1 is 0.793 bits per heavy atom. The number of β-amino-alcohol motifs (C(OH)–C–C–N with tert-alkyl or cyclic N) is 1. The van der Waals surface area contributed by atoms with E-state index >= 15 is 0 Å². The number of aromatic hydroxyl groups is 1. The molecule has 0 aliphatic carbocycles. The van der Waals surface area contributed by atoms with Gasteiger partial charge in [-0.3, -0.25) is 38.4 Å². The lowest BCUT2D eigenvalue weighted by atomic mass is 9.96. The second kappa shape index (κ2) is 31.7. The number of primary amides is 1. The molecule has 0 radical (unpaired) electrons. The Morgan fingerprint density at radius 3 is 2.05 bits per heavy atom. The second-order valence-electron chi connectivity index (χ2n) is 22.9. The molecule has 14 atom stereocenters. The Labute approximate surface area is 534 Å². The Kier molecular flexibility index (Phi) is 24.2. The second-order valence-corrected chi connectivity index (χ2v) is 24.4. The van der Waals surface area contributed by atoms with Gasteiger partial charge >= 0.3 is 0 Å². The lowest BCUT2D eigenvalue weighted by Gasteiger charge is -2.34. The first-order chi connectivity index (χ1) is 43.9. The van der Waals surface area contributed by atoms with Crippen LogP contribution in [-0.2, 0) is 47.7 Å². The predicted octanol–water partition coefficient (Wildman–Crippen LogP) is -2.35. The number of carbonyl (C=O) groups is 8. The summed E-state index contributed by atoms with van der Waals surface area (Å²) in [6.07, 6.45) is -13.0. The normalized spacial score (nSPS) is 26.3. The number of carbonyl (C=O) groups excluding carboxylic acids is 8. The van der Waals surface area contributed by atoms with Crippen LogP contribution in [0, 0.1) is 5.92 Å². The fraction of sp³-hybridized carbons (Fsp3) is 0.517. The quantitative estimate of drug-likeness (QED) is 0.0202. The van der Waals surface area contributed by atoms with E-state index in [1.807, 2.05) is 24.3 Å². The molecule has 32 nitrogen and oxygen atoms in total. The van der Waals surface area contributed by atoms with E-state index in [2.05, 4.69) is 58.0 Å². The van der Waals surface area contributed by atoms with Gasteiger partial charge in [0.2, 0.25) is 41.4 Å². The number of benzene rings is 3. The summed E-state index contributed by atoms with van der Waals surface area (Å²) in [5.74, 6) is -11.9. The third kappa shape index (κ3) is 17.1. The number of hydrogen-bond donors (Lipinski definition) is 15. The van der Waals surface area contributed by atoms with Crippen LogP contribution in [0.1, 0.15) is 81.3 Å². The number of aromatic nitrogens is 2. The van der Waals surface area contributed by atoms with Gasteiger partial charge < -0.3 is 96.8 Å². The molecule has 8 rings (SSSR count). The number of nitrogens with two attached hydrogens (primary N) is 1. The standard InChI is InChI=1S/C58H75N11O21S2/c1-4-19-87-36-15-17-67(18-16-36)33-12-9-31(10-13-33)56-66-65-55(91-56)30-7-5-29(6-8-30)50(79)61-37-21-34(71)24-60-54(83)46-47(76)27(2)25-69(46)58(85)44(40(74)23-42(59)75)63-53(82)45(49(78)48(77)32-11-14-39(73)41(20-32)88-92-90-89-86)64-52(81)38-22-35(72)26-68(38)57(84)43(28(3)70)62-51(37)80/h5-14,20,27-28,34-38,40,43-49,70-74,76-78,86H,4,15-19,21-26H2,1-3H3,(H2,59,75)(H,60,83)(H,61,79)(H,62,80)(H,63,82)(H,64,81). The topological polar surface area (TPSA) is 477 Å². The van der Waals surface area contributed by atoms with Gasteiger partial charge in [-0.05, 0) is 80.3 Å². The van der Waals surface area contributed by atoms with Crippen molar-refractivity contribution < 1.29 is 103 Å². The Bertz CT molecular complexity index is 3250. The van der Waals surface area contributed by atoms with Crippen molar-refractivity contribution in [3.63, 3.8) is 0 Å². The van der Waals surface area contributed by atoms with Crippen LogP contribution >= 0.6 is 23.7 Å². The maximum atomic E-state index is 14.7. The Hall–Kier alpha value is -7.71. The van der Waals surface area contributed by atoms with Crippen LogP contribution in [0.3, 0.4) is 0 Å². The van der Waals surface area contributed by atoms with Gasteiger partial charge in [-0.2, -0.15) is 0 Å². The molecule has 0 bridgehead atoms. The number of rotatable bonds is 19. The fourth-order valence-electron chi connectivity index (χ4n) is 11.3. The Balaban J connectivity index is 1.07. The molecular formula is C58H75N11O21S2. The highest BCUT2D eigenvalue weighted by atomic mass is 32.2. The van der Waals surface area contributed by atoms with Crippen LogP contribution in [0.4, 0.5) is 5.69 Å². The fourth-order valence-corrected chi connectivity index (χ4v) is 12.4. The summed E-state index contributed by atoms with van der Waals surface area (Å²) >= 11 is 1.29. The van der Waals surface area contributed by atoms with Crippen LogP contribution in [-0.4, -0.2) is 232 Å². The summed E-state index contributed by atoms with van der Waals surface area (Å²) in [4.78, 5) is 117. The summed E-state index contributed by atoms with van der Waals surface area (Å²) < 4.78 is 15.1. The number of piperidine rings is 1. The summed E-state index contributed by atoms with van der Waals surface area (Å²) in [6.45, 7) is 5.28. The van der Waals surface area contributed by atoms with Gasteiger partial charge in [0, 0.05) is 80.5 Å². The smallest absolute Gasteiger partial charge is 0.261 e. The summed E-state index contributed by atoms with van der Waals surface area (Å²) in [5.41, 5.74) is 7.54. The maximum absolute atomic E-state index is 14.7. The number of phenols is 1. The van der Waals surface area contributed by atoms with Gasteiger partial charge in [0.1, 0.15) is 58.5 Å². The lowest BCUT2D eigenvalue weighted by molar-refractivity contribution is -0.433. The molecule has 4 fully saturated rings. The average molecular weight is 1330 g/mol. The number of nitrogens with zero attached hydrogens (tertiary/aromatic N) is 5. The molecule has 4 saturated heterocycles. The van der Waals surface area contributed by atoms with Crippen molar-refractivity contribution >= 4 is 76.6 Å². The zero-order valence-corrected chi connectivity index (χ0v) is 51.7. The Morgan fingerprint density at radius 2 is 1.42 bits per heavy atom. The molecule has 0 saturated carbocycles. The van der Waals surface area contributed by atoms with E-state index in [9.17, 15) is 79.2 Å². The van der Waals surface area contributed by atoms with Crippen LogP contribution in [0.25, 0.3) is 21.1 Å². The molecular weight excluding hydrogens is 1250 g/mol. The third-order valence-corrected chi connectivity index (χ3v) is 17.6. The van der Waals surface area contributed by atoms with Gasteiger partial charge in [-0.15, -0.1) is 10.2 Å². The molecule has 1 aromatic heterocycles. The number of nitrogens with one attached hydrogen (secondary N) is 5. The summed E-state index contributed by atoms with van der Waals surface area (Å²) in [6, 6.07) is 4.71. The minimum absolute atomic E-state index is 0.00544. The van der Waals surface area contributed by atoms with Crippen LogP contribution in [0.2, 0.25) is 0 Å². The third-order valence-electron chi connectivity index (χ3n) is 16.2. The van der Waals surface area contributed by atoms with Gasteiger partial charge in [0.15, 0.2) is 11.5 Å². The summed E-state index contributed by atoms with van der Waals surface area (Å²) in [7, 11) is 0. The molecule has 0 spiro atoms. The van der Waals surface area contributed by atoms with Crippen molar-refractivity contribution in [2.75, 3.05) is 44.2 Å². The van der Waals surface area contributed by atoms with Crippen molar-refractivity contribution in [2.24, 2.45) is 11.7 Å². The van der Waals surface area contributed by atoms with Crippen molar-refractivity contribution in [2.45, 2.75) is 144 Å². The van der Waals surface area contributed by atoms with E-state index in [0.717, 1.165) is 85.1 Å². The number of amides is 8. The predicted molar refractivity (Wildman–Crippen MR) is 323 cm³/mol. The van der Waals surface area contributed by atoms with Gasteiger partial charge in [0.05, 0.1) is 43.0 Å². The maximum Gasteiger partial charge on any atom is 0.261 e. The number of ether oxygens (including phenoxy) is 1. The van der Waals surface area contributed by atoms with Crippen LogP contribution < -0.4 is 41.4 Å². The van der Waals surface area contributed by atoms with Crippen LogP contribution in [0.5, 0.6) is 11.5 Å². The molecule has 14 unspecified atom stereocenters. The van der Waals surface area contributed by atoms with Crippen molar-refractivity contribution in [3.05, 3.63) is 77.9 Å². The zero-order chi connectivity index (χ0) is 66.7. The largest absolute Gasteiger partial charge is 0.504 e. The molecule has 92 heavy (non-hydrogen) atoms. The molecule has 4 aliphatic heterocycles. The zero-order valence-electron chi connectivity index (χ0n) is 50.1. The number of anilines is 1. The molecule has 8 amide bonds. The van der Waals surface area contributed by atoms with Crippen molar-refractivity contribution in [3.8, 4) is 32.6 Å². The number of fused-ring (bicyclic) bond motifs is 2. The van der Waals surface area contributed by atoms with Crippen molar-refractivity contribution in [1.82, 2.24) is 46.6 Å². The highest BCUT2D eigenvalue weighted by Gasteiger charge is 2.50. The monoisotopic (exact) mass is 1330 g/mol. The molecule has 34 heteroatoms. The van der Waals surface area contributed by atoms with E-state index in [1.54, 1.807) is 12.1 Å². The van der Waals surface area contributed by atoms with Gasteiger partial charge in [-0.1, -0.05) is 52.8 Å². The van der Waals surface area contributed by atoms with E-state index in [4.69, 9.17) is 19.9 Å². The number of aliphatic hydroxyl groups excluding tert-OH is 7. The molecule has 16 N–H and O–H groups in total. The van der Waals surface area contributed by atoms with Gasteiger partial charge in [0.25, 0.3) is 18.2 Å². The van der Waals surface area contributed by atoms with Gasteiger partial charge in [-0.25, -0.2) is 5.26 Å². The number of hydrogen-bond acceptors (Lipinski definition) is 26. The summed E-state index contributed by atoms with van der Waals surface area (Å²) in [5, 5.41) is 124. The molecule has 4 aliphatic rings. The number of phenolic OH excluding ortho intramolecular Hbond substituents is 1. The highest BCUT2D eigenvalue weighted by molar-refractivity contribution is 7.90. The van der Waals surface area contributed by atoms with E-state index in [0.29, 0.717) is 15.6 Å². The highest BCUT2D eigenvalue weighted by Crippen LogP contribution is 2.35. The van der Waals surface area contributed by atoms with Crippen molar-refractivity contribution in [1.29, 1.82) is 0 Å².